The first-order chi connectivity index (χ1) is 12.1. The third-order valence-electron chi connectivity index (χ3n) is 4.40. The van der Waals surface area contributed by atoms with Gasteiger partial charge in [0.15, 0.2) is 0 Å². The number of nitrogens with zero attached hydrogens (tertiary/aromatic N) is 2. The Kier molecular flexibility index (Phi) is 5.28. The van der Waals surface area contributed by atoms with Gasteiger partial charge in [0, 0.05) is 23.4 Å². The Labute approximate surface area is 149 Å². The number of rotatable bonds is 5. The van der Waals surface area contributed by atoms with Crippen LogP contribution in [0.4, 0.5) is 5.13 Å². The molecule has 1 aromatic carbocycles. The minimum atomic E-state index is -1.16. The summed E-state index contributed by atoms with van der Waals surface area (Å²) < 4.78 is 5.12. The molecule has 1 fully saturated rings. The van der Waals surface area contributed by atoms with Crippen LogP contribution >= 0.6 is 11.3 Å². The van der Waals surface area contributed by atoms with E-state index in [0.717, 1.165) is 24.2 Å². The molecule has 0 radical (unpaired) electrons. The topological polar surface area (TPSA) is 104 Å². The van der Waals surface area contributed by atoms with Crippen LogP contribution in [0.15, 0.2) is 24.3 Å². The number of nitrogens with one attached hydrogen (secondary N) is 1. The van der Waals surface area contributed by atoms with Crippen molar-refractivity contribution in [2.24, 2.45) is 11.8 Å². The summed E-state index contributed by atoms with van der Waals surface area (Å²) in [6.45, 7) is 0. The number of carboxylic acid groups (broad SMARTS) is 1. The Morgan fingerprint density at radius 3 is 2.48 bits per heavy atom. The molecule has 1 saturated carbocycles. The number of ether oxygens (including phenoxy) is 1. The van der Waals surface area contributed by atoms with Crippen LogP contribution in [-0.4, -0.2) is 29.2 Å². The lowest BCUT2D eigenvalue weighted by atomic mass is 9.79. The van der Waals surface area contributed by atoms with Crippen molar-refractivity contribution < 1.29 is 19.4 Å². The lowest BCUT2D eigenvalue weighted by Crippen LogP contribution is -2.42. The smallest absolute Gasteiger partial charge is 0.229 e. The number of hydrogen-bond acceptors (Lipinski definition) is 7. The predicted octanol–water partition coefficient (Wildman–Crippen LogP) is 1.71. The molecule has 2 atom stereocenters. The number of aromatic nitrogens is 2. The first-order valence-electron chi connectivity index (χ1n) is 8.08. The number of carbonyl (C=O) groups excluding carboxylic acids is 2. The number of aliphatic carboxylic acids is 1. The largest absolute Gasteiger partial charge is 0.550 e. The molecule has 2 aromatic rings. The van der Waals surface area contributed by atoms with E-state index in [1.807, 2.05) is 24.3 Å². The molecule has 1 aliphatic carbocycles. The van der Waals surface area contributed by atoms with Crippen LogP contribution in [-0.2, 0) is 9.59 Å². The number of carboxylic acids is 1. The maximum absolute atomic E-state index is 12.4. The van der Waals surface area contributed by atoms with Gasteiger partial charge in [0.05, 0.1) is 7.11 Å². The lowest BCUT2D eigenvalue weighted by molar-refractivity contribution is -0.313. The van der Waals surface area contributed by atoms with Crippen LogP contribution in [0.3, 0.4) is 0 Å². The van der Waals surface area contributed by atoms with E-state index in [-0.39, 0.29) is 5.91 Å². The Balaban J connectivity index is 1.69. The summed E-state index contributed by atoms with van der Waals surface area (Å²) in [4.78, 5) is 23.7. The van der Waals surface area contributed by atoms with Crippen molar-refractivity contribution in [3.8, 4) is 16.3 Å². The van der Waals surface area contributed by atoms with E-state index in [1.54, 1.807) is 7.11 Å². The third-order valence-corrected chi connectivity index (χ3v) is 5.29. The SMILES string of the molecule is COc1ccc(-c2nnc(NC(=O)[C@@H]3CCCC[C@@H]3C(=O)[O-])s2)cc1. The van der Waals surface area contributed by atoms with Crippen molar-refractivity contribution in [1.29, 1.82) is 0 Å². The second-order valence-corrected chi connectivity index (χ2v) is 6.92. The molecule has 132 valence electrons. The second kappa shape index (κ2) is 7.60. The van der Waals surface area contributed by atoms with Gasteiger partial charge in [-0.2, -0.15) is 0 Å². The number of carbonyl (C=O) groups is 2. The zero-order chi connectivity index (χ0) is 17.8. The molecule has 8 heteroatoms. The number of amides is 1. The van der Waals surface area contributed by atoms with E-state index in [0.29, 0.717) is 23.0 Å². The summed E-state index contributed by atoms with van der Waals surface area (Å²) in [5.74, 6) is -2.05. The van der Waals surface area contributed by atoms with Crippen LogP contribution in [0.5, 0.6) is 5.75 Å². The van der Waals surface area contributed by atoms with Gasteiger partial charge in [-0.15, -0.1) is 10.2 Å². The molecule has 25 heavy (non-hydrogen) atoms. The van der Waals surface area contributed by atoms with Gasteiger partial charge in [-0.25, -0.2) is 0 Å². The standard InChI is InChI=1S/C17H19N3O4S/c1-24-11-8-6-10(7-9-11)15-19-20-17(25-15)18-14(21)12-4-2-3-5-13(12)16(22)23/h6-9,12-13H,2-5H2,1H3,(H,22,23)(H,18,20,21)/p-1/t12-,13+/m1/s1. The molecular weight excluding hydrogens is 342 g/mol. The molecule has 0 spiro atoms. The van der Waals surface area contributed by atoms with E-state index in [9.17, 15) is 14.7 Å². The average molecular weight is 360 g/mol. The highest BCUT2D eigenvalue weighted by Crippen LogP contribution is 2.32. The molecule has 0 aliphatic heterocycles. The highest BCUT2D eigenvalue weighted by Gasteiger charge is 2.32. The predicted molar refractivity (Wildman–Crippen MR) is 91.0 cm³/mol. The molecule has 1 amide bonds. The maximum Gasteiger partial charge on any atom is 0.229 e. The second-order valence-electron chi connectivity index (χ2n) is 5.95. The van der Waals surface area contributed by atoms with Crippen LogP contribution in [0, 0.1) is 11.8 Å². The van der Waals surface area contributed by atoms with Gasteiger partial charge in [-0.1, -0.05) is 24.2 Å². The lowest BCUT2D eigenvalue weighted by Gasteiger charge is -2.30. The summed E-state index contributed by atoms with van der Waals surface area (Å²) in [5, 5.41) is 23.0. The quantitative estimate of drug-likeness (QED) is 0.870. The Bertz CT molecular complexity index is 760. The molecule has 1 aliphatic rings. The average Bonchev–Trinajstić information content (AvgIpc) is 3.10. The van der Waals surface area contributed by atoms with Gasteiger partial charge in [0.25, 0.3) is 0 Å². The van der Waals surface area contributed by atoms with Crippen molar-refractivity contribution in [2.75, 3.05) is 12.4 Å². The fraction of sp³-hybridized carbons (Fsp3) is 0.412. The first-order valence-corrected chi connectivity index (χ1v) is 8.90. The van der Waals surface area contributed by atoms with Gasteiger partial charge < -0.3 is 20.0 Å². The molecule has 0 bridgehead atoms. The van der Waals surface area contributed by atoms with Gasteiger partial charge in [0.1, 0.15) is 10.8 Å². The molecule has 1 heterocycles. The van der Waals surface area contributed by atoms with E-state index >= 15 is 0 Å². The van der Waals surface area contributed by atoms with E-state index < -0.39 is 17.8 Å². The van der Waals surface area contributed by atoms with Crippen molar-refractivity contribution >= 4 is 28.3 Å². The van der Waals surface area contributed by atoms with Gasteiger partial charge in [0.2, 0.25) is 11.0 Å². The van der Waals surface area contributed by atoms with Crippen molar-refractivity contribution in [3.63, 3.8) is 0 Å². The van der Waals surface area contributed by atoms with Gasteiger partial charge >= 0.3 is 0 Å². The zero-order valence-corrected chi connectivity index (χ0v) is 14.5. The van der Waals surface area contributed by atoms with E-state index in [1.165, 1.54) is 11.3 Å². The number of anilines is 1. The molecule has 0 saturated heterocycles. The highest BCUT2D eigenvalue weighted by atomic mass is 32.1. The molecule has 3 rings (SSSR count). The minimum absolute atomic E-state index is 0.327. The fourth-order valence-corrected chi connectivity index (χ4v) is 3.80. The van der Waals surface area contributed by atoms with Crippen molar-refractivity contribution in [1.82, 2.24) is 10.2 Å². The molecular formula is C17H18N3O4S-. The van der Waals surface area contributed by atoms with Gasteiger partial charge in [-0.05, 0) is 37.1 Å². The minimum Gasteiger partial charge on any atom is -0.550 e. The Morgan fingerprint density at radius 1 is 1.16 bits per heavy atom. The number of benzene rings is 1. The fourth-order valence-electron chi connectivity index (χ4n) is 3.05. The number of hydrogen-bond donors (Lipinski definition) is 1. The highest BCUT2D eigenvalue weighted by molar-refractivity contribution is 7.18. The molecule has 0 unspecified atom stereocenters. The van der Waals surface area contributed by atoms with Crippen molar-refractivity contribution in [3.05, 3.63) is 24.3 Å². The van der Waals surface area contributed by atoms with Crippen LogP contribution in [0.1, 0.15) is 25.7 Å². The maximum atomic E-state index is 12.4. The van der Waals surface area contributed by atoms with E-state index in [2.05, 4.69) is 15.5 Å². The summed E-state index contributed by atoms with van der Waals surface area (Å²) >= 11 is 1.24. The van der Waals surface area contributed by atoms with Crippen molar-refractivity contribution in [2.45, 2.75) is 25.7 Å². The zero-order valence-electron chi connectivity index (χ0n) is 13.7. The van der Waals surface area contributed by atoms with Crippen LogP contribution in [0.25, 0.3) is 10.6 Å². The van der Waals surface area contributed by atoms with Crippen LogP contribution < -0.4 is 15.2 Å². The summed E-state index contributed by atoms with van der Waals surface area (Å²) in [6, 6.07) is 7.36. The molecule has 1 N–H and O–H groups in total. The first kappa shape index (κ1) is 17.3. The Hall–Kier alpha value is -2.48. The Morgan fingerprint density at radius 2 is 1.84 bits per heavy atom. The van der Waals surface area contributed by atoms with Gasteiger partial charge in [-0.3, -0.25) is 4.79 Å². The monoisotopic (exact) mass is 360 g/mol. The third kappa shape index (κ3) is 3.96. The number of methoxy groups -OCH3 is 1. The van der Waals surface area contributed by atoms with Crippen LogP contribution in [0.2, 0.25) is 0 Å². The summed E-state index contributed by atoms with van der Waals surface area (Å²) in [6.07, 6.45) is 2.68. The molecule has 1 aromatic heterocycles. The van der Waals surface area contributed by atoms with E-state index in [4.69, 9.17) is 4.74 Å². The summed E-state index contributed by atoms with van der Waals surface area (Å²) in [5.41, 5.74) is 0.865. The molecule has 7 nitrogen and oxygen atoms in total. The normalized spacial score (nSPS) is 20.0. The summed E-state index contributed by atoms with van der Waals surface area (Å²) in [7, 11) is 1.60.